The molecule has 0 unspecified atom stereocenters. The molecular formula is C22H20N2O4S. The molecular weight excluding hydrogens is 388 g/mol. The molecule has 0 saturated heterocycles. The van der Waals surface area contributed by atoms with Crippen LogP contribution < -0.4 is 10.2 Å². The first-order valence-electron chi connectivity index (χ1n) is 9.27. The number of ether oxygens (including phenoxy) is 1. The molecule has 1 aliphatic rings. The third-order valence-corrected chi connectivity index (χ3v) is 5.58. The minimum Gasteiger partial charge on any atom is -0.467 e. The molecule has 0 spiro atoms. The zero-order chi connectivity index (χ0) is 20.1. The Hall–Kier alpha value is -3.19. The fraction of sp³-hybridized carbons (Fsp3) is 0.182. The number of carbonyl (C=O) groups excluding carboxylic acids is 2. The minimum absolute atomic E-state index is 0.230. The van der Waals surface area contributed by atoms with Crippen molar-refractivity contribution in [1.29, 1.82) is 0 Å². The zero-order valence-corrected chi connectivity index (χ0v) is 16.5. The molecule has 1 amide bonds. The number of amides is 1. The number of carbonyl (C=O) groups is 2. The Balaban J connectivity index is 1.40. The summed E-state index contributed by atoms with van der Waals surface area (Å²) >= 11 is 1.72. The van der Waals surface area contributed by atoms with Crippen LogP contribution in [0.25, 0.3) is 0 Å². The van der Waals surface area contributed by atoms with Gasteiger partial charge in [-0.25, -0.2) is 4.79 Å². The van der Waals surface area contributed by atoms with E-state index in [0.29, 0.717) is 24.3 Å². The predicted molar refractivity (Wildman–Crippen MR) is 112 cm³/mol. The highest BCUT2D eigenvalue weighted by Gasteiger charge is 2.24. The number of nitrogens with zero attached hydrogens (tertiary/aromatic N) is 1. The van der Waals surface area contributed by atoms with Gasteiger partial charge in [0.2, 0.25) is 0 Å². The normalized spacial score (nSPS) is 12.9. The van der Waals surface area contributed by atoms with Gasteiger partial charge in [-0.2, -0.15) is 0 Å². The monoisotopic (exact) mass is 408 g/mol. The summed E-state index contributed by atoms with van der Waals surface area (Å²) < 4.78 is 10.6. The second-order valence-electron chi connectivity index (χ2n) is 6.42. The number of rotatable bonds is 6. The van der Waals surface area contributed by atoms with Gasteiger partial charge in [-0.1, -0.05) is 24.3 Å². The van der Waals surface area contributed by atoms with Crippen LogP contribution in [0.1, 0.15) is 16.1 Å². The number of para-hydroxylation sites is 2. The van der Waals surface area contributed by atoms with Crippen LogP contribution in [-0.2, 0) is 16.1 Å². The highest BCUT2D eigenvalue weighted by atomic mass is 32.2. The van der Waals surface area contributed by atoms with Gasteiger partial charge in [0.15, 0.2) is 6.61 Å². The average molecular weight is 408 g/mol. The minimum atomic E-state index is -0.541. The van der Waals surface area contributed by atoms with Crippen molar-refractivity contribution in [2.75, 3.05) is 29.1 Å². The van der Waals surface area contributed by atoms with Crippen LogP contribution in [0.15, 0.2) is 76.2 Å². The molecule has 0 atom stereocenters. The van der Waals surface area contributed by atoms with E-state index in [1.54, 1.807) is 47.2 Å². The fourth-order valence-electron chi connectivity index (χ4n) is 3.12. The van der Waals surface area contributed by atoms with Crippen LogP contribution in [0.5, 0.6) is 0 Å². The molecule has 4 rings (SSSR count). The average Bonchev–Trinajstić information content (AvgIpc) is 3.29. The second kappa shape index (κ2) is 8.87. The smallest absolute Gasteiger partial charge is 0.340 e. The number of fused-ring (bicyclic) bond motifs is 1. The van der Waals surface area contributed by atoms with E-state index in [-0.39, 0.29) is 12.5 Å². The number of furan rings is 1. The highest BCUT2D eigenvalue weighted by Crippen LogP contribution is 2.34. The number of nitrogens with one attached hydrogen (secondary N) is 1. The summed E-state index contributed by atoms with van der Waals surface area (Å²) in [7, 11) is 0. The maximum Gasteiger partial charge on any atom is 0.340 e. The Bertz CT molecular complexity index is 1000. The maximum absolute atomic E-state index is 12.7. The molecule has 1 aromatic heterocycles. The van der Waals surface area contributed by atoms with E-state index in [1.165, 1.54) is 0 Å². The van der Waals surface area contributed by atoms with E-state index >= 15 is 0 Å². The van der Waals surface area contributed by atoms with Crippen molar-refractivity contribution >= 4 is 35.0 Å². The first kappa shape index (κ1) is 19.1. The number of hydrogen-bond acceptors (Lipinski definition) is 6. The van der Waals surface area contributed by atoms with Gasteiger partial charge in [0, 0.05) is 22.9 Å². The van der Waals surface area contributed by atoms with E-state index in [9.17, 15) is 9.59 Å². The van der Waals surface area contributed by atoms with Crippen LogP contribution in [0, 0.1) is 0 Å². The highest BCUT2D eigenvalue weighted by molar-refractivity contribution is 7.99. The quantitative estimate of drug-likeness (QED) is 0.617. The van der Waals surface area contributed by atoms with Gasteiger partial charge in [0.05, 0.1) is 24.1 Å². The Morgan fingerprint density at radius 3 is 2.76 bits per heavy atom. The van der Waals surface area contributed by atoms with E-state index in [2.05, 4.69) is 5.32 Å². The molecule has 29 heavy (non-hydrogen) atoms. The number of hydrogen-bond donors (Lipinski definition) is 1. The lowest BCUT2D eigenvalue weighted by Crippen LogP contribution is -2.38. The van der Waals surface area contributed by atoms with E-state index in [1.807, 2.05) is 36.4 Å². The van der Waals surface area contributed by atoms with Gasteiger partial charge >= 0.3 is 5.97 Å². The summed E-state index contributed by atoms with van der Waals surface area (Å²) in [5.41, 5.74) is 1.87. The Kier molecular flexibility index (Phi) is 5.86. The van der Waals surface area contributed by atoms with Crippen LogP contribution in [0.4, 0.5) is 11.4 Å². The second-order valence-corrected chi connectivity index (χ2v) is 7.55. The van der Waals surface area contributed by atoms with Crippen LogP contribution >= 0.6 is 11.8 Å². The number of benzene rings is 2. The van der Waals surface area contributed by atoms with Gasteiger partial charge in [-0.3, -0.25) is 4.79 Å². The first-order chi connectivity index (χ1) is 14.2. The summed E-state index contributed by atoms with van der Waals surface area (Å²) in [5, 5.41) is 3.17. The summed E-state index contributed by atoms with van der Waals surface area (Å²) in [5.74, 6) is 0.800. The van der Waals surface area contributed by atoms with Crippen molar-refractivity contribution in [2.24, 2.45) is 0 Å². The maximum atomic E-state index is 12.7. The topological polar surface area (TPSA) is 71.8 Å². The zero-order valence-electron chi connectivity index (χ0n) is 15.7. The van der Waals surface area contributed by atoms with Gasteiger partial charge in [0.1, 0.15) is 5.76 Å². The fourth-order valence-corrected chi connectivity index (χ4v) is 4.12. The molecule has 2 aromatic carbocycles. The largest absolute Gasteiger partial charge is 0.467 e. The molecule has 0 radical (unpaired) electrons. The van der Waals surface area contributed by atoms with Crippen molar-refractivity contribution < 1.29 is 18.7 Å². The number of anilines is 2. The lowest BCUT2D eigenvalue weighted by Gasteiger charge is -2.28. The van der Waals surface area contributed by atoms with Gasteiger partial charge in [-0.05, 0) is 36.4 Å². The summed E-state index contributed by atoms with van der Waals surface area (Å²) in [6.07, 6.45) is 1.60. The lowest BCUT2D eigenvalue weighted by molar-refractivity contribution is -0.121. The van der Waals surface area contributed by atoms with Crippen LogP contribution in [0.2, 0.25) is 0 Å². The van der Waals surface area contributed by atoms with Crippen molar-refractivity contribution in [1.82, 2.24) is 0 Å². The molecule has 1 N–H and O–H groups in total. The Labute approximate surface area is 172 Å². The van der Waals surface area contributed by atoms with Gasteiger partial charge in [-0.15, -0.1) is 11.8 Å². The molecule has 3 aromatic rings. The van der Waals surface area contributed by atoms with Gasteiger partial charge < -0.3 is 19.4 Å². The molecule has 0 fully saturated rings. The third kappa shape index (κ3) is 4.46. The lowest BCUT2D eigenvalue weighted by atomic mass is 10.2. The molecule has 7 heteroatoms. The van der Waals surface area contributed by atoms with Crippen molar-refractivity contribution in [3.8, 4) is 0 Å². The predicted octanol–water partition coefficient (Wildman–Crippen LogP) is 4.19. The number of esters is 1. The molecule has 2 heterocycles. The molecule has 0 aliphatic carbocycles. The SMILES string of the molecule is O=C(OCC(=O)N1CCSc2ccccc21)c1ccccc1NCc1ccco1. The molecule has 0 saturated carbocycles. The molecule has 0 bridgehead atoms. The van der Waals surface area contributed by atoms with E-state index in [4.69, 9.17) is 9.15 Å². The Morgan fingerprint density at radius 2 is 1.90 bits per heavy atom. The summed E-state index contributed by atoms with van der Waals surface area (Å²) in [6.45, 7) is 0.738. The molecule has 148 valence electrons. The molecule has 1 aliphatic heterocycles. The summed E-state index contributed by atoms with van der Waals surface area (Å²) in [4.78, 5) is 28.0. The van der Waals surface area contributed by atoms with Crippen molar-refractivity contribution in [3.05, 3.63) is 78.3 Å². The third-order valence-electron chi connectivity index (χ3n) is 4.54. The van der Waals surface area contributed by atoms with Crippen molar-refractivity contribution in [3.63, 3.8) is 0 Å². The van der Waals surface area contributed by atoms with Crippen LogP contribution in [0.3, 0.4) is 0 Å². The van der Waals surface area contributed by atoms with E-state index < -0.39 is 5.97 Å². The van der Waals surface area contributed by atoms with Gasteiger partial charge in [0.25, 0.3) is 5.91 Å². The molecule has 6 nitrogen and oxygen atoms in total. The number of thioether (sulfide) groups is 1. The Morgan fingerprint density at radius 1 is 1.07 bits per heavy atom. The van der Waals surface area contributed by atoms with Crippen molar-refractivity contribution in [2.45, 2.75) is 11.4 Å². The standard InChI is InChI=1S/C22H20N2O4S/c25-21(24-11-13-29-20-10-4-3-9-19(20)24)15-28-22(26)17-7-1-2-8-18(17)23-14-16-6-5-12-27-16/h1-10,12,23H,11,13-15H2. The van der Waals surface area contributed by atoms with E-state index in [0.717, 1.165) is 22.1 Å². The first-order valence-corrected chi connectivity index (χ1v) is 10.3. The summed E-state index contributed by atoms with van der Waals surface area (Å²) in [6, 6.07) is 18.5. The van der Waals surface area contributed by atoms with Crippen LogP contribution in [-0.4, -0.2) is 30.8 Å².